The van der Waals surface area contributed by atoms with E-state index in [0.29, 0.717) is 32.6 Å². The van der Waals surface area contributed by atoms with Crippen molar-refractivity contribution in [2.45, 2.75) is 32.6 Å². The highest BCUT2D eigenvalue weighted by Gasteiger charge is 2.02. The largest absolute Gasteiger partial charge is 0.494 e. The van der Waals surface area contributed by atoms with Crippen LogP contribution in [0.3, 0.4) is 0 Å². The van der Waals surface area contributed by atoms with E-state index in [1.807, 2.05) is 18.2 Å². The van der Waals surface area contributed by atoms with Crippen LogP contribution in [0.1, 0.15) is 31.7 Å². The van der Waals surface area contributed by atoms with Crippen molar-refractivity contribution in [2.24, 2.45) is 5.73 Å². The van der Waals surface area contributed by atoms with E-state index in [4.69, 9.17) is 15.2 Å². The molecule has 0 heterocycles. The number of nitrogens with two attached hydrogens (primary N) is 1. The molecule has 0 saturated carbocycles. The van der Waals surface area contributed by atoms with Crippen LogP contribution < -0.4 is 10.5 Å². The Hall–Kier alpha value is -1.55. The quantitative estimate of drug-likeness (QED) is 0.550. The maximum atomic E-state index is 11.1. The van der Waals surface area contributed by atoms with E-state index in [9.17, 15) is 4.79 Å². The summed E-state index contributed by atoms with van der Waals surface area (Å²) in [5, 5.41) is 0. The molecule has 0 aliphatic carbocycles. The second-order valence-corrected chi connectivity index (χ2v) is 4.30. The maximum Gasteiger partial charge on any atom is 0.305 e. The molecular weight excluding hydrogens is 242 g/mol. The first-order valence-corrected chi connectivity index (χ1v) is 6.83. The van der Waals surface area contributed by atoms with Gasteiger partial charge in [0.1, 0.15) is 5.75 Å². The van der Waals surface area contributed by atoms with Gasteiger partial charge in [0, 0.05) is 6.42 Å². The lowest BCUT2D eigenvalue weighted by atomic mass is 10.1. The van der Waals surface area contributed by atoms with Gasteiger partial charge in [-0.25, -0.2) is 0 Å². The van der Waals surface area contributed by atoms with Crippen LogP contribution in [0.2, 0.25) is 0 Å². The van der Waals surface area contributed by atoms with Gasteiger partial charge in [-0.2, -0.15) is 0 Å². The Bertz CT molecular complexity index is 379. The molecule has 0 aliphatic rings. The molecule has 0 aromatic heterocycles. The van der Waals surface area contributed by atoms with E-state index in [2.05, 4.69) is 6.07 Å². The van der Waals surface area contributed by atoms with Gasteiger partial charge in [-0.05, 0) is 50.4 Å². The Morgan fingerprint density at radius 2 is 2.16 bits per heavy atom. The number of carbonyl (C=O) groups excluding carboxylic acids is 1. The topological polar surface area (TPSA) is 61.5 Å². The van der Waals surface area contributed by atoms with Gasteiger partial charge in [0.2, 0.25) is 0 Å². The second-order valence-electron chi connectivity index (χ2n) is 4.30. The Labute approximate surface area is 114 Å². The van der Waals surface area contributed by atoms with Gasteiger partial charge in [0.25, 0.3) is 0 Å². The summed E-state index contributed by atoms with van der Waals surface area (Å²) < 4.78 is 10.5. The van der Waals surface area contributed by atoms with E-state index in [0.717, 1.165) is 18.6 Å². The fourth-order valence-electron chi connectivity index (χ4n) is 1.74. The Morgan fingerprint density at radius 3 is 2.89 bits per heavy atom. The highest BCUT2D eigenvalue weighted by Crippen LogP contribution is 2.15. The normalized spacial score (nSPS) is 10.2. The van der Waals surface area contributed by atoms with Crippen molar-refractivity contribution in [1.29, 1.82) is 0 Å². The molecule has 0 atom stereocenters. The van der Waals surface area contributed by atoms with E-state index in [1.165, 1.54) is 5.56 Å². The van der Waals surface area contributed by atoms with Crippen LogP contribution in [-0.4, -0.2) is 25.7 Å². The zero-order valence-electron chi connectivity index (χ0n) is 11.6. The van der Waals surface area contributed by atoms with Gasteiger partial charge < -0.3 is 15.2 Å². The molecule has 19 heavy (non-hydrogen) atoms. The SMILES string of the molecule is CCOC(=O)CCCOc1cccc(CCCN)c1. The van der Waals surface area contributed by atoms with Crippen molar-refractivity contribution in [3.63, 3.8) is 0 Å². The number of benzene rings is 1. The first-order chi connectivity index (χ1) is 9.26. The van der Waals surface area contributed by atoms with E-state index < -0.39 is 0 Å². The third kappa shape index (κ3) is 6.82. The average Bonchev–Trinajstić information content (AvgIpc) is 2.42. The molecule has 0 aliphatic heterocycles. The minimum atomic E-state index is -0.164. The standard InChI is InChI=1S/C15H23NO3/c1-2-18-15(17)9-5-11-19-14-8-3-6-13(12-14)7-4-10-16/h3,6,8,12H,2,4-5,7,9-11,16H2,1H3. The number of aryl methyl sites for hydroxylation is 1. The first kappa shape index (κ1) is 15.5. The molecular formula is C15H23NO3. The van der Waals surface area contributed by atoms with Crippen molar-refractivity contribution in [3.8, 4) is 5.75 Å². The highest BCUT2D eigenvalue weighted by atomic mass is 16.5. The minimum absolute atomic E-state index is 0.164. The molecule has 106 valence electrons. The first-order valence-electron chi connectivity index (χ1n) is 6.83. The number of hydrogen-bond acceptors (Lipinski definition) is 4. The lowest BCUT2D eigenvalue weighted by molar-refractivity contribution is -0.143. The van der Waals surface area contributed by atoms with Crippen LogP contribution >= 0.6 is 0 Å². The predicted octanol–water partition coefficient (Wildman–Crippen LogP) is 2.30. The summed E-state index contributed by atoms with van der Waals surface area (Å²) in [6.45, 7) is 3.47. The molecule has 4 nitrogen and oxygen atoms in total. The zero-order valence-corrected chi connectivity index (χ0v) is 11.6. The lowest BCUT2D eigenvalue weighted by Gasteiger charge is -2.08. The molecule has 4 heteroatoms. The molecule has 0 saturated heterocycles. The molecule has 0 radical (unpaired) electrons. The molecule has 1 rings (SSSR count). The van der Waals surface area contributed by atoms with Crippen LogP contribution in [0.4, 0.5) is 0 Å². The van der Waals surface area contributed by atoms with E-state index in [1.54, 1.807) is 6.92 Å². The van der Waals surface area contributed by atoms with Crippen molar-refractivity contribution in [2.75, 3.05) is 19.8 Å². The Kier molecular flexibility index (Phi) is 7.66. The van der Waals surface area contributed by atoms with Gasteiger partial charge in [0.05, 0.1) is 13.2 Å². The predicted molar refractivity (Wildman–Crippen MR) is 75.2 cm³/mol. The van der Waals surface area contributed by atoms with Gasteiger partial charge in [-0.15, -0.1) is 0 Å². The van der Waals surface area contributed by atoms with Gasteiger partial charge in [-0.1, -0.05) is 12.1 Å². The average molecular weight is 265 g/mol. The van der Waals surface area contributed by atoms with Crippen molar-refractivity contribution >= 4 is 5.97 Å². The summed E-state index contributed by atoms with van der Waals surface area (Å²) in [5.41, 5.74) is 6.72. The number of rotatable bonds is 9. The summed E-state index contributed by atoms with van der Waals surface area (Å²) in [7, 11) is 0. The fourth-order valence-corrected chi connectivity index (χ4v) is 1.74. The zero-order chi connectivity index (χ0) is 13.9. The van der Waals surface area contributed by atoms with Crippen LogP contribution in [0.5, 0.6) is 5.75 Å². The smallest absolute Gasteiger partial charge is 0.305 e. The number of hydrogen-bond donors (Lipinski definition) is 1. The summed E-state index contributed by atoms with van der Waals surface area (Å²) >= 11 is 0. The number of carbonyl (C=O) groups is 1. The molecule has 0 amide bonds. The van der Waals surface area contributed by atoms with Crippen molar-refractivity contribution in [3.05, 3.63) is 29.8 Å². The van der Waals surface area contributed by atoms with Gasteiger partial charge in [-0.3, -0.25) is 4.79 Å². The molecule has 2 N–H and O–H groups in total. The van der Waals surface area contributed by atoms with Crippen LogP contribution in [0, 0.1) is 0 Å². The summed E-state index contributed by atoms with van der Waals surface area (Å²) in [5.74, 6) is 0.682. The third-order valence-corrected chi connectivity index (χ3v) is 2.67. The van der Waals surface area contributed by atoms with Crippen LogP contribution in [0.15, 0.2) is 24.3 Å². The van der Waals surface area contributed by atoms with Crippen LogP contribution in [-0.2, 0) is 16.0 Å². The Balaban J connectivity index is 2.27. The third-order valence-electron chi connectivity index (χ3n) is 2.67. The molecule has 1 aromatic rings. The highest BCUT2D eigenvalue weighted by molar-refractivity contribution is 5.69. The number of esters is 1. The molecule has 0 spiro atoms. The van der Waals surface area contributed by atoms with Gasteiger partial charge in [0.15, 0.2) is 0 Å². The Morgan fingerprint density at radius 1 is 1.32 bits per heavy atom. The van der Waals surface area contributed by atoms with E-state index in [-0.39, 0.29) is 5.97 Å². The van der Waals surface area contributed by atoms with Crippen molar-refractivity contribution < 1.29 is 14.3 Å². The van der Waals surface area contributed by atoms with Gasteiger partial charge >= 0.3 is 5.97 Å². The summed E-state index contributed by atoms with van der Waals surface area (Å²) in [6, 6.07) is 8.00. The monoisotopic (exact) mass is 265 g/mol. The van der Waals surface area contributed by atoms with Crippen LogP contribution in [0.25, 0.3) is 0 Å². The second kappa shape index (κ2) is 9.39. The summed E-state index contributed by atoms with van der Waals surface area (Å²) in [4.78, 5) is 11.1. The lowest BCUT2D eigenvalue weighted by Crippen LogP contribution is -2.06. The van der Waals surface area contributed by atoms with Crippen molar-refractivity contribution in [1.82, 2.24) is 0 Å². The molecule has 0 fully saturated rings. The van der Waals surface area contributed by atoms with E-state index >= 15 is 0 Å². The fraction of sp³-hybridized carbons (Fsp3) is 0.533. The summed E-state index contributed by atoms with van der Waals surface area (Å²) in [6.07, 6.45) is 3.02. The molecule has 1 aromatic carbocycles. The minimum Gasteiger partial charge on any atom is -0.494 e. The maximum absolute atomic E-state index is 11.1. The number of ether oxygens (including phenoxy) is 2. The molecule has 0 unspecified atom stereocenters. The molecule has 0 bridgehead atoms.